The van der Waals surface area contributed by atoms with Gasteiger partial charge in [-0.2, -0.15) is 0 Å². The molecule has 1 aromatic rings. The Balaban J connectivity index is 1.41. The number of hydrogen-bond acceptors (Lipinski definition) is 7. The van der Waals surface area contributed by atoms with Crippen molar-refractivity contribution < 1.29 is 33.8 Å². The van der Waals surface area contributed by atoms with Crippen LogP contribution in [0, 0.1) is 11.8 Å². The molecule has 11 heteroatoms. The van der Waals surface area contributed by atoms with Gasteiger partial charge in [0.2, 0.25) is 17.7 Å². The molecule has 6 rings (SSSR count). The smallest absolute Gasteiger partial charge is 0.313 e. The summed E-state index contributed by atoms with van der Waals surface area (Å²) in [5, 5.41) is 12.3. The fraction of sp³-hybridized carbons (Fsp3) is 0.622. The molecule has 3 amide bonds. The van der Waals surface area contributed by atoms with Gasteiger partial charge in [0.1, 0.15) is 29.8 Å². The van der Waals surface area contributed by atoms with Crippen molar-refractivity contribution in [3.63, 3.8) is 0 Å². The highest BCUT2D eigenvalue weighted by molar-refractivity contribution is 9.11. The van der Waals surface area contributed by atoms with Crippen LogP contribution in [0.4, 0.5) is 0 Å². The zero-order chi connectivity index (χ0) is 33.8. The number of nitrogens with one attached hydrogen (secondary N) is 1. The first kappa shape index (κ1) is 34.8. The van der Waals surface area contributed by atoms with Gasteiger partial charge in [-0.25, -0.2) is 0 Å². The average Bonchev–Trinajstić information content (AvgIpc) is 3.68. The van der Waals surface area contributed by atoms with E-state index < -0.39 is 47.7 Å². The monoisotopic (exact) mass is 725 g/mol. The van der Waals surface area contributed by atoms with Gasteiger partial charge in [-0.1, -0.05) is 90.5 Å². The van der Waals surface area contributed by atoms with Crippen LogP contribution in [0.2, 0.25) is 0 Å². The molecule has 48 heavy (non-hydrogen) atoms. The number of esters is 1. The van der Waals surface area contributed by atoms with E-state index >= 15 is 0 Å². The van der Waals surface area contributed by atoms with Crippen LogP contribution >= 0.6 is 15.9 Å². The zero-order valence-electron chi connectivity index (χ0n) is 27.7. The highest BCUT2D eigenvalue weighted by Gasteiger charge is 2.75. The third-order valence-corrected chi connectivity index (χ3v) is 11.4. The molecule has 1 spiro atoms. The first-order valence-electron chi connectivity index (χ1n) is 17.7. The number of amides is 3. The normalized spacial score (nSPS) is 33.8. The summed E-state index contributed by atoms with van der Waals surface area (Å²) in [4.78, 5) is 60.6. The van der Waals surface area contributed by atoms with E-state index in [1.165, 1.54) is 0 Å². The molecule has 5 aliphatic rings. The number of aliphatic hydroxyl groups is 1. The van der Waals surface area contributed by atoms with Gasteiger partial charge in [0.25, 0.3) is 0 Å². The molecule has 2 N–H and O–H groups in total. The van der Waals surface area contributed by atoms with Crippen molar-refractivity contribution >= 4 is 39.6 Å². The second-order valence-electron chi connectivity index (χ2n) is 13.9. The Morgan fingerprint density at radius 2 is 1.71 bits per heavy atom. The lowest BCUT2D eigenvalue weighted by molar-refractivity contribution is -0.161. The van der Waals surface area contributed by atoms with E-state index in [1.807, 2.05) is 60.4 Å². The molecule has 10 nitrogen and oxygen atoms in total. The van der Waals surface area contributed by atoms with Crippen LogP contribution in [0.1, 0.15) is 89.2 Å². The second kappa shape index (κ2) is 15.3. The van der Waals surface area contributed by atoms with E-state index in [2.05, 4.69) is 21.2 Å². The van der Waals surface area contributed by atoms with Gasteiger partial charge >= 0.3 is 5.97 Å². The van der Waals surface area contributed by atoms with Crippen LogP contribution in [0.25, 0.3) is 0 Å². The molecule has 0 unspecified atom stereocenters. The third kappa shape index (κ3) is 6.74. The molecule has 5 bridgehead atoms. The fourth-order valence-electron chi connectivity index (χ4n) is 8.45. The van der Waals surface area contributed by atoms with Gasteiger partial charge in [-0.05, 0) is 50.7 Å². The number of hydrogen-bond donors (Lipinski definition) is 2. The molecular weight excluding hydrogens is 678 g/mol. The van der Waals surface area contributed by atoms with E-state index in [-0.39, 0.29) is 36.8 Å². The Hall–Kier alpha value is -3.02. The Morgan fingerprint density at radius 1 is 0.958 bits per heavy atom. The van der Waals surface area contributed by atoms with Gasteiger partial charge in [0.15, 0.2) is 0 Å². The molecular formula is C37H48BrN3O7. The first-order chi connectivity index (χ1) is 23.3. The SMILES string of the molecule is C[C@@H]1NC(=O)CC/C=C\CN(C2CCCCC2)C(=O)[C@H]2N(CCCCCCO)C(=O)[C@@H]3[C@@H](C(=O)O[C@H]1c1ccccc1)[C@@H]1O[C@@]32C=C1Br. The third-order valence-electron chi connectivity index (χ3n) is 10.8. The van der Waals surface area contributed by atoms with Gasteiger partial charge in [-0.3, -0.25) is 19.2 Å². The molecule has 1 aliphatic carbocycles. The summed E-state index contributed by atoms with van der Waals surface area (Å²) in [5.41, 5.74) is -0.595. The molecule has 0 aromatic heterocycles. The van der Waals surface area contributed by atoms with E-state index in [1.54, 1.807) is 4.90 Å². The molecule has 260 valence electrons. The summed E-state index contributed by atoms with van der Waals surface area (Å²) < 4.78 is 13.6. The van der Waals surface area contributed by atoms with E-state index in [0.29, 0.717) is 36.8 Å². The molecule has 1 saturated carbocycles. The number of halogens is 1. The van der Waals surface area contributed by atoms with Gasteiger partial charge in [0, 0.05) is 36.6 Å². The zero-order valence-corrected chi connectivity index (χ0v) is 29.3. The lowest BCUT2D eigenvalue weighted by atomic mass is 9.74. The molecule has 1 aromatic carbocycles. The van der Waals surface area contributed by atoms with Crippen molar-refractivity contribution in [2.24, 2.45) is 11.8 Å². The first-order valence-corrected chi connectivity index (χ1v) is 18.5. The lowest BCUT2D eigenvalue weighted by Gasteiger charge is -2.40. The minimum atomic E-state index is -1.32. The Morgan fingerprint density at radius 3 is 2.46 bits per heavy atom. The number of carbonyl (C=O) groups is 4. The molecule has 3 fully saturated rings. The highest BCUT2D eigenvalue weighted by atomic mass is 79.9. The summed E-state index contributed by atoms with van der Waals surface area (Å²) in [5.74, 6) is -3.09. The van der Waals surface area contributed by atoms with Gasteiger partial charge in [0.05, 0.1) is 12.0 Å². The summed E-state index contributed by atoms with van der Waals surface area (Å²) in [6.45, 7) is 2.65. The van der Waals surface area contributed by atoms with Crippen molar-refractivity contribution in [2.45, 2.75) is 113 Å². The summed E-state index contributed by atoms with van der Waals surface area (Å²) in [6.07, 6.45) is 12.9. The maximum absolute atomic E-state index is 15.0. The maximum atomic E-state index is 15.0. The molecule has 0 radical (unpaired) electrons. The van der Waals surface area contributed by atoms with E-state index in [9.17, 15) is 24.3 Å². The van der Waals surface area contributed by atoms with Crippen LogP contribution in [-0.4, -0.2) is 88.1 Å². The van der Waals surface area contributed by atoms with Crippen LogP contribution in [0.15, 0.2) is 53.0 Å². The molecule has 7 atom stereocenters. The number of rotatable bonds is 8. The Kier molecular flexibility index (Phi) is 11.1. The number of aliphatic hydroxyl groups excluding tert-OH is 1. The number of likely N-dealkylation sites (tertiary alicyclic amines) is 1. The minimum Gasteiger partial charge on any atom is -0.455 e. The topological polar surface area (TPSA) is 125 Å². The predicted octanol–water partition coefficient (Wildman–Crippen LogP) is 4.71. The van der Waals surface area contributed by atoms with Crippen molar-refractivity contribution in [3.8, 4) is 0 Å². The Bertz CT molecular complexity index is 1410. The number of ether oxygens (including phenoxy) is 2. The summed E-state index contributed by atoms with van der Waals surface area (Å²) >= 11 is 3.65. The van der Waals surface area contributed by atoms with Crippen LogP contribution in [-0.2, 0) is 28.7 Å². The van der Waals surface area contributed by atoms with E-state index in [0.717, 1.165) is 50.5 Å². The van der Waals surface area contributed by atoms with Crippen molar-refractivity contribution in [1.29, 1.82) is 0 Å². The van der Waals surface area contributed by atoms with Crippen molar-refractivity contribution in [3.05, 3.63) is 58.6 Å². The standard InChI is InChI=1S/C37H48BrN3O7/c1-24-31(25-15-7-4-8-16-25)47-36(46)29-30-34(44)41(21-12-2-3-14-22-42)33(37(30)23-27(38)32(29)48-37)35(45)40(26-17-9-5-10-18-26)20-13-6-11-19-28(43)39-24/h4,6-8,13,15-16,23-24,26,29-33,42H,2-3,5,9-12,14,17-22H2,1H3,(H,39,43)/b13-6-/t24-,29+,30-,31+,32+,33+,37-/m0/s1. The maximum Gasteiger partial charge on any atom is 0.313 e. The van der Waals surface area contributed by atoms with Crippen LogP contribution < -0.4 is 5.32 Å². The quantitative estimate of drug-likeness (QED) is 0.226. The minimum absolute atomic E-state index is 0.0255. The number of allylic oxidation sites excluding steroid dienone is 1. The number of benzene rings is 1. The number of carbonyl (C=O) groups excluding carboxylic acids is 4. The molecule has 4 heterocycles. The molecule has 2 saturated heterocycles. The largest absolute Gasteiger partial charge is 0.455 e. The second-order valence-corrected chi connectivity index (χ2v) is 14.8. The van der Waals surface area contributed by atoms with Gasteiger partial charge < -0.3 is 29.7 Å². The Labute approximate surface area is 291 Å². The lowest BCUT2D eigenvalue weighted by Crippen LogP contribution is -2.58. The summed E-state index contributed by atoms with van der Waals surface area (Å²) in [6, 6.07) is 7.85. The van der Waals surface area contributed by atoms with Crippen molar-refractivity contribution in [2.75, 3.05) is 19.7 Å². The number of unbranched alkanes of at least 4 members (excludes halogenated alkanes) is 3. The van der Waals surface area contributed by atoms with Gasteiger partial charge in [-0.15, -0.1) is 0 Å². The van der Waals surface area contributed by atoms with Crippen LogP contribution in [0.3, 0.4) is 0 Å². The molecule has 4 aliphatic heterocycles. The number of fused-ring (bicyclic) bond motifs is 2. The van der Waals surface area contributed by atoms with E-state index in [4.69, 9.17) is 9.47 Å². The number of nitrogens with zero attached hydrogens (tertiary/aromatic N) is 2. The summed E-state index contributed by atoms with van der Waals surface area (Å²) in [7, 11) is 0. The van der Waals surface area contributed by atoms with Crippen LogP contribution in [0.5, 0.6) is 0 Å². The van der Waals surface area contributed by atoms with Crippen molar-refractivity contribution in [1.82, 2.24) is 15.1 Å². The highest BCUT2D eigenvalue weighted by Crippen LogP contribution is 2.59. The number of cyclic esters (lactones) is 1. The fourth-order valence-corrected chi connectivity index (χ4v) is 9.19. The average molecular weight is 727 g/mol. The predicted molar refractivity (Wildman–Crippen MR) is 182 cm³/mol.